The normalized spacial score (nSPS) is 11.2. The number of hydrogen-bond acceptors (Lipinski definition) is 4. The van der Waals surface area contributed by atoms with Crippen LogP contribution in [-0.4, -0.2) is 14.7 Å². The highest BCUT2D eigenvalue weighted by molar-refractivity contribution is 7.98. The second-order valence-corrected chi connectivity index (χ2v) is 6.59. The van der Waals surface area contributed by atoms with E-state index >= 15 is 0 Å². The second-order valence-electron chi connectivity index (χ2n) is 5.65. The van der Waals surface area contributed by atoms with Crippen molar-refractivity contribution in [1.29, 1.82) is 0 Å². The minimum Gasteiger partial charge on any atom is -0.361 e. The molecule has 24 heavy (non-hydrogen) atoms. The molecule has 0 saturated carbocycles. The van der Waals surface area contributed by atoms with Crippen molar-refractivity contribution in [2.45, 2.75) is 24.8 Å². The maximum atomic E-state index is 5.27. The summed E-state index contributed by atoms with van der Waals surface area (Å²) in [6.07, 6.45) is 0. The molecule has 4 nitrogen and oxygen atoms in total. The van der Waals surface area contributed by atoms with E-state index in [0.717, 1.165) is 44.6 Å². The molecule has 0 saturated heterocycles. The number of aromatic nitrogens is 3. The molecule has 0 amide bonds. The average molecular weight is 335 g/mol. The minimum absolute atomic E-state index is 0.789. The first kappa shape index (κ1) is 15.0. The van der Waals surface area contributed by atoms with Crippen molar-refractivity contribution in [3.8, 4) is 5.69 Å². The van der Waals surface area contributed by atoms with Gasteiger partial charge in [-0.05, 0) is 38.1 Å². The molecule has 2 aromatic heterocycles. The predicted molar refractivity (Wildman–Crippen MR) is 96.6 cm³/mol. The van der Waals surface area contributed by atoms with Crippen molar-refractivity contribution in [2.24, 2.45) is 0 Å². The third-order valence-corrected chi connectivity index (χ3v) is 5.04. The molecule has 0 radical (unpaired) electrons. The van der Waals surface area contributed by atoms with Crippen molar-refractivity contribution in [3.05, 3.63) is 71.6 Å². The topological polar surface area (TPSA) is 43.9 Å². The summed E-state index contributed by atoms with van der Waals surface area (Å²) in [5.74, 6) is 1.67. The SMILES string of the molecule is Cc1noc(C)c1CSc1nc2ccccc2n1-c1ccccc1. The zero-order valence-electron chi connectivity index (χ0n) is 13.6. The Labute approximate surface area is 144 Å². The van der Waals surface area contributed by atoms with Crippen molar-refractivity contribution in [1.82, 2.24) is 14.7 Å². The van der Waals surface area contributed by atoms with Crippen LogP contribution < -0.4 is 0 Å². The first-order valence-corrected chi connectivity index (χ1v) is 8.80. The van der Waals surface area contributed by atoms with E-state index in [2.05, 4.69) is 34.0 Å². The fraction of sp³-hybridized carbons (Fsp3) is 0.158. The number of nitrogens with zero attached hydrogens (tertiary/aromatic N) is 3. The van der Waals surface area contributed by atoms with Gasteiger partial charge in [-0.1, -0.05) is 47.3 Å². The van der Waals surface area contributed by atoms with E-state index in [0.29, 0.717) is 0 Å². The lowest BCUT2D eigenvalue weighted by Gasteiger charge is -2.08. The van der Waals surface area contributed by atoms with Gasteiger partial charge in [0.1, 0.15) is 5.76 Å². The molecule has 0 N–H and O–H groups in total. The molecule has 2 aromatic carbocycles. The maximum absolute atomic E-state index is 5.27. The van der Waals surface area contributed by atoms with E-state index in [1.165, 1.54) is 0 Å². The highest BCUT2D eigenvalue weighted by Crippen LogP contribution is 2.31. The number of benzene rings is 2. The first-order valence-electron chi connectivity index (χ1n) is 7.81. The van der Waals surface area contributed by atoms with E-state index in [-0.39, 0.29) is 0 Å². The summed E-state index contributed by atoms with van der Waals surface area (Å²) < 4.78 is 7.47. The van der Waals surface area contributed by atoms with Crippen molar-refractivity contribution < 1.29 is 4.52 Å². The fourth-order valence-corrected chi connectivity index (χ4v) is 3.95. The zero-order chi connectivity index (χ0) is 16.5. The second kappa shape index (κ2) is 6.17. The van der Waals surface area contributed by atoms with Gasteiger partial charge in [-0.2, -0.15) is 0 Å². The largest absolute Gasteiger partial charge is 0.361 e. The number of imidazole rings is 1. The molecular weight excluding hydrogens is 318 g/mol. The molecule has 5 heteroatoms. The van der Waals surface area contributed by atoms with Gasteiger partial charge in [0.05, 0.1) is 16.7 Å². The Hall–Kier alpha value is -2.53. The zero-order valence-corrected chi connectivity index (χ0v) is 14.4. The summed E-state index contributed by atoms with van der Waals surface area (Å²) in [7, 11) is 0. The number of para-hydroxylation sites is 3. The number of aryl methyl sites for hydroxylation is 2. The lowest BCUT2D eigenvalue weighted by molar-refractivity contribution is 0.392. The smallest absolute Gasteiger partial charge is 0.174 e. The molecule has 4 rings (SSSR count). The highest BCUT2D eigenvalue weighted by atomic mass is 32.2. The molecule has 0 unspecified atom stereocenters. The van der Waals surface area contributed by atoms with Crippen LogP contribution >= 0.6 is 11.8 Å². The Morgan fingerprint density at radius 3 is 2.50 bits per heavy atom. The summed E-state index contributed by atoms with van der Waals surface area (Å²) >= 11 is 1.71. The third-order valence-electron chi connectivity index (χ3n) is 4.07. The molecule has 0 aliphatic carbocycles. The van der Waals surface area contributed by atoms with Crippen LogP contribution in [0.2, 0.25) is 0 Å². The van der Waals surface area contributed by atoms with Gasteiger partial charge in [-0.25, -0.2) is 4.98 Å². The summed E-state index contributed by atoms with van der Waals surface area (Å²) in [6.45, 7) is 3.93. The van der Waals surface area contributed by atoms with E-state index in [1.54, 1.807) is 11.8 Å². The van der Waals surface area contributed by atoms with Crippen LogP contribution in [0.25, 0.3) is 16.7 Å². The van der Waals surface area contributed by atoms with Crippen LogP contribution in [0, 0.1) is 13.8 Å². The molecule has 0 fully saturated rings. The van der Waals surface area contributed by atoms with Crippen LogP contribution in [-0.2, 0) is 5.75 Å². The molecule has 0 atom stereocenters. The third kappa shape index (κ3) is 2.61. The lowest BCUT2D eigenvalue weighted by atomic mass is 10.2. The Bertz CT molecular complexity index is 969. The number of hydrogen-bond donors (Lipinski definition) is 0. The van der Waals surface area contributed by atoms with Gasteiger partial charge >= 0.3 is 0 Å². The fourth-order valence-electron chi connectivity index (χ4n) is 2.77. The molecular formula is C19H17N3OS. The summed E-state index contributed by atoms with van der Waals surface area (Å²) in [5, 5.41) is 5.01. The molecule has 0 bridgehead atoms. The highest BCUT2D eigenvalue weighted by Gasteiger charge is 2.15. The van der Waals surface area contributed by atoms with E-state index < -0.39 is 0 Å². The lowest BCUT2D eigenvalue weighted by Crippen LogP contribution is -1.96. The Kier molecular flexibility index (Phi) is 3.86. The summed E-state index contributed by atoms with van der Waals surface area (Å²) in [5.41, 5.74) is 5.33. The van der Waals surface area contributed by atoms with Crippen LogP contribution in [0.1, 0.15) is 17.0 Å². The van der Waals surface area contributed by atoms with Crippen molar-refractivity contribution in [2.75, 3.05) is 0 Å². The summed E-state index contributed by atoms with van der Waals surface area (Å²) in [4.78, 5) is 4.82. The van der Waals surface area contributed by atoms with Crippen LogP contribution in [0.4, 0.5) is 0 Å². The number of rotatable bonds is 4. The number of fused-ring (bicyclic) bond motifs is 1. The van der Waals surface area contributed by atoms with Crippen molar-refractivity contribution >= 4 is 22.8 Å². The van der Waals surface area contributed by atoms with Gasteiger partial charge in [-0.3, -0.25) is 4.57 Å². The van der Waals surface area contributed by atoms with Gasteiger partial charge in [-0.15, -0.1) is 0 Å². The Balaban J connectivity index is 1.78. The van der Waals surface area contributed by atoms with E-state index in [9.17, 15) is 0 Å². The van der Waals surface area contributed by atoms with Gasteiger partial charge in [0, 0.05) is 17.0 Å². The summed E-state index contributed by atoms with van der Waals surface area (Å²) in [6, 6.07) is 18.6. The van der Waals surface area contributed by atoms with Gasteiger partial charge in [0.2, 0.25) is 0 Å². The minimum atomic E-state index is 0.789. The van der Waals surface area contributed by atoms with Crippen LogP contribution in [0.15, 0.2) is 64.3 Å². The average Bonchev–Trinajstić information content (AvgIpc) is 3.14. The molecule has 0 aliphatic heterocycles. The molecule has 4 aromatic rings. The Morgan fingerprint density at radius 2 is 1.75 bits per heavy atom. The van der Waals surface area contributed by atoms with Gasteiger partial charge in [0.25, 0.3) is 0 Å². The Morgan fingerprint density at radius 1 is 1.00 bits per heavy atom. The van der Waals surface area contributed by atoms with Gasteiger partial charge < -0.3 is 4.52 Å². The quantitative estimate of drug-likeness (QED) is 0.496. The molecule has 120 valence electrons. The van der Waals surface area contributed by atoms with E-state index in [4.69, 9.17) is 9.51 Å². The monoisotopic (exact) mass is 335 g/mol. The van der Waals surface area contributed by atoms with E-state index in [1.807, 2.05) is 44.2 Å². The maximum Gasteiger partial charge on any atom is 0.174 e. The first-order chi connectivity index (χ1) is 11.7. The van der Waals surface area contributed by atoms with Crippen molar-refractivity contribution in [3.63, 3.8) is 0 Å². The van der Waals surface area contributed by atoms with Crippen LogP contribution in [0.5, 0.6) is 0 Å². The predicted octanol–water partition coefficient (Wildman–Crippen LogP) is 4.92. The van der Waals surface area contributed by atoms with Gasteiger partial charge in [0.15, 0.2) is 5.16 Å². The standard InChI is InChI=1S/C19H17N3OS/c1-13-16(14(2)23-21-13)12-24-19-20-17-10-6-7-11-18(17)22(19)15-8-4-3-5-9-15/h3-11H,12H2,1-2H3. The number of thioether (sulfide) groups is 1. The van der Waals surface area contributed by atoms with Crippen LogP contribution in [0.3, 0.4) is 0 Å². The molecule has 0 aliphatic rings. The molecule has 2 heterocycles. The molecule has 0 spiro atoms.